The summed E-state index contributed by atoms with van der Waals surface area (Å²) in [6.07, 6.45) is 0. The van der Waals surface area contributed by atoms with Crippen LogP contribution in [0.5, 0.6) is 0 Å². The summed E-state index contributed by atoms with van der Waals surface area (Å²) in [6, 6.07) is 8.85. The van der Waals surface area contributed by atoms with E-state index in [1.54, 1.807) is 0 Å². The van der Waals surface area contributed by atoms with Gasteiger partial charge in [0.05, 0.1) is 0 Å². The predicted molar refractivity (Wildman–Crippen MR) is 61.0 cm³/mol. The standard InChI is InChI=1S/C8H9.C4H6N.Bi/c1-7-5-3-4-6-8(7)2;1-4(2)3-5;/h3-5H,1-2H3;1-2H3;. The van der Waals surface area contributed by atoms with Crippen LogP contribution in [0.15, 0.2) is 18.2 Å². The molecule has 1 aromatic carbocycles. The maximum absolute atomic E-state index is 9.01. The molecule has 0 saturated heterocycles. The van der Waals surface area contributed by atoms with Gasteiger partial charge < -0.3 is 0 Å². The third-order valence-electron chi connectivity index (χ3n) is 2.25. The van der Waals surface area contributed by atoms with Crippen molar-refractivity contribution in [1.82, 2.24) is 0 Å². The molecule has 0 bridgehead atoms. The molecule has 0 amide bonds. The van der Waals surface area contributed by atoms with Crippen molar-refractivity contribution in [2.75, 3.05) is 0 Å². The first kappa shape index (κ1) is 11.7. The van der Waals surface area contributed by atoms with Crippen molar-refractivity contribution >= 4 is 26.5 Å². The Morgan fingerprint density at radius 1 is 1.29 bits per heavy atom. The Balaban J connectivity index is 3.00. The molecule has 0 fully saturated rings. The van der Waals surface area contributed by atoms with Crippen LogP contribution < -0.4 is 3.27 Å². The SMILES string of the molecule is Cc1ccc[c]([Bi][C](C)(C)C#N)c1C. The van der Waals surface area contributed by atoms with Gasteiger partial charge in [-0.15, -0.1) is 0 Å². The summed E-state index contributed by atoms with van der Waals surface area (Å²) >= 11 is -0.893. The average molecular weight is 382 g/mol. The van der Waals surface area contributed by atoms with Crippen LogP contribution in [0.2, 0.25) is 3.12 Å². The Hall–Kier alpha value is -0.407. The summed E-state index contributed by atoms with van der Waals surface area (Å²) in [5.74, 6) is 0. The summed E-state index contributed by atoms with van der Waals surface area (Å²) in [4.78, 5) is 0. The molecule has 1 aromatic rings. The molecular weight excluding hydrogens is 367 g/mol. The minimum atomic E-state index is -0.893. The van der Waals surface area contributed by atoms with Gasteiger partial charge in [0.15, 0.2) is 0 Å². The summed E-state index contributed by atoms with van der Waals surface area (Å²) in [6.45, 7) is 8.43. The normalized spacial score (nSPS) is 11.1. The van der Waals surface area contributed by atoms with Gasteiger partial charge in [-0.05, 0) is 0 Å². The van der Waals surface area contributed by atoms with Crippen molar-refractivity contribution in [1.29, 1.82) is 5.26 Å². The topological polar surface area (TPSA) is 23.8 Å². The second kappa shape index (κ2) is 4.41. The monoisotopic (exact) mass is 382 g/mol. The first-order valence-corrected chi connectivity index (χ1v) is 8.14. The first-order valence-electron chi connectivity index (χ1n) is 4.66. The molecule has 0 saturated carbocycles. The zero-order valence-corrected chi connectivity index (χ0v) is 12.6. The third-order valence-corrected chi connectivity index (χ3v) is 7.63. The van der Waals surface area contributed by atoms with Gasteiger partial charge in [0.25, 0.3) is 0 Å². The molecular formula is C12H15BiN. The van der Waals surface area contributed by atoms with Gasteiger partial charge in [0, 0.05) is 0 Å². The van der Waals surface area contributed by atoms with E-state index in [0.717, 1.165) is 0 Å². The van der Waals surface area contributed by atoms with Gasteiger partial charge >= 0.3 is 98.0 Å². The Labute approximate surface area is 97.7 Å². The van der Waals surface area contributed by atoms with Crippen LogP contribution in [0.4, 0.5) is 0 Å². The van der Waals surface area contributed by atoms with E-state index in [1.807, 2.05) is 0 Å². The van der Waals surface area contributed by atoms with E-state index in [4.69, 9.17) is 5.26 Å². The quantitative estimate of drug-likeness (QED) is 0.721. The van der Waals surface area contributed by atoms with Crippen molar-refractivity contribution in [2.24, 2.45) is 0 Å². The van der Waals surface area contributed by atoms with Crippen LogP contribution in [-0.2, 0) is 0 Å². The molecule has 0 aliphatic heterocycles. The van der Waals surface area contributed by atoms with Crippen molar-refractivity contribution < 1.29 is 0 Å². The molecule has 0 aromatic heterocycles. The number of nitriles is 1. The Morgan fingerprint density at radius 2 is 1.93 bits per heavy atom. The molecule has 1 rings (SSSR count). The minimum absolute atomic E-state index is 0.0848. The van der Waals surface area contributed by atoms with Crippen LogP contribution in [-0.4, -0.2) is 23.2 Å². The fraction of sp³-hybridized carbons (Fsp3) is 0.417. The number of hydrogen-bond acceptors (Lipinski definition) is 1. The van der Waals surface area contributed by atoms with E-state index in [9.17, 15) is 0 Å². The molecule has 1 radical (unpaired) electrons. The molecule has 73 valence electrons. The van der Waals surface area contributed by atoms with Gasteiger partial charge in [-0.3, -0.25) is 0 Å². The fourth-order valence-corrected chi connectivity index (χ4v) is 5.68. The molecule has 0 aliphatic rings. The number of hydrogen-bond donors (Lipinski definition) is 0. The number of benzene rings is 1. The van der Waals surface area contributed by atoms with Crippen molar-refractivity contribution in [3.63, 3.8) is 0 Å². The average Bonchev–Trinajstić information content (AvgIpc) is 2.13. The van der Waals surface area contributed by atoms with E-state index < -0.39 is 23.2 Å². The number of rotatable bonds is 2. The maximum atomic E-state index is 9.01. The molecule has 0 atom stereocenters. The molecule has 0 N–H and O–H groups in total. The molecule has 0 heterocycles. The van der Waals surface area contributed by atoms with E-state index >= 15 is 0 Å². The van der Waals surface area contributed by atoms with Gasteiger partial charge in [-0.2, -0.15) is 0 Å². The van der Waals surface area contributed by atoms with Gasteiger partial charge in [0.1, 0.15) is 0 Å². The van der Waals surface area contributed by atoms with Crippen LogP contribution in [0.3, 0.4) is 0 Å². The van der Waals surface area contributed by atoms with Gasteiger partial charge in [-0.1, -0.05) is 0 Å². The zero-order chi connectivity index (χ0) is 10.8. The molecule has 0 spiro atoms. The van der Waals surface area contributed by atoms with Gasteiger partial charge in [-0.25, -0.2) is 0 Å². The summed E-state index contributed by atoms with van der Waals surface area (Å²) < 4.78 is 1.38. The fourth-order valence-electron chi connectivity index (χ4n) is 1.18. The summed E-state index contributed by atoms with van der Waals surface area (Å²) in [7, 11) is 0. The second-order valence-electron chi connectivity index (χ2n) is 4.00. The Kier molecular flexibility index (Phi) is 3.67. The van der Waals surface area contributed by atoms with Crippen molar-refractivity contribution in [3.8, 4) is 6.07 Å². The van der Waals surface area contributed by atoms with Crippen LogP contribution in [0, 0.1) is 25.2 Å². The van der Waals surface area contributed by atoms with E-state index in [1.165, 1.54) is 14.4 Å². The summed E-state index contributed by atoms with van der Waals surface area (Å²) in [5, 5.41) is 9.01. The van der Waals surface area contributed by atoms with Crippen LogP contribution in [0.25, 0.3) is 0 Å². The van der Waals surface area contributed by atoms with Crippen molar-refractivity contribution in [2.45, 2.75) is 30.8 Å². The van der Waals surface area contributed by atoms with E-state index in [2.05, 4.69) is 52.0 Å². The first-order chi connectivity index (χ1) is 6.46. The van der Waals surface area contributed by atoms with E-state index in [0.29, 0.717) is 0 Å². The predicted octanol–water partition coefficient (Wildman–Crippen LogP) is 2.36. The molecule has 0 aliphatic carbocycles. The Bertz CT molecular complexity index is 374. The molecule has 0 unspecified atom stereocenters. The summed E-state index contributed by atoms with van der Waals surface area (Å²) in [5.41, 5.74) is 2.74. The molecule has 14 heavy (non-hydrogen) atoms. The van der Waals surface area contributed by atoms with E-state index in [-0.39, 0.29) is 3.12 Å². The molecule has 2 heteroatoms. The zero-order valence-electron chi connectivity index (χ0n) is 9.13. The second-order valence-corrected chi connectivity index (χ2v) is 11.1. The Morgan fingerprint density at radius 3 is 2.50 bits per heavy atom. The van der Waals surface area contributed by atoms with Crippen LogP contribution >= 0.6 is 0 Å². The number of nitrogens with zero attached hydrogens (tertiary/aromatic N) is 1. The molecule has 1 nitrogen and oxygen atoms in total. The van der Waals surface area contributed by atoms with Crippen LogP contribution in [0.1, 0.15) is 25.0 Å². The van der Waals surface area contributed by atoms with Gasteiger partial charge in [0.2, 0.25) is 0 Å². The number of aryl methyl sites for hydroxylation is 1. The third kappa shape index (κ3) is 2.79. The van der Waals surface area contributed by atoms with Crippen molar-refractivity contribution in [3.05, 3.63) is 29.3 Å².